The van der Waals surface area contributed by atoms with E-state index in [2.05, 4.69) is 0 Å². The minimum Gasteiger partial charge on any atom is -0.390 e. The summed E-state index contributed by atoms with van der Waals surface area (Å²) in [6.45, 7) is 3.57. The summed E-state index contributed by atoms with van der Waals surface area (Å²) in [7, 11) is 0. The van der Waals surface area contributed by atoms with Crippen molar-refractivity contribution in [2.24, 2.45) is 28.6 Å². The number of aliphatic hydroxyl groups is 2. The summed E-state index contributed by atoms with van der Waals surface area (Å²) in [5, 5.41) is 27.2. The molecule has 9 heteroatoms. The number of carbonyl (C=O) groups is 2. The molecule has 1 saturated heterocycles. The maximum atomic E-state index is 17.4. The van der Waals surface area contributed by atoms with Crippen molar-refractivity contribution in [1.29, 1.82) is 0 Å². The number of hydrogen-bond donors (Lipinski definition) is 2. The summed E-state index contributed by atoms with van der Waals surface area (Å²) >= 11 is 1.56. The molecule has 4 aliphatic carbocycles. The van der Waals surface area contributed by atoms with Crippen LogP contribution < -0.4 is 0 Å². The predicted octanol–water partition coefficient (Wildman–Crippen LogP) is 3.69. The van der Waals surface area contributed by atoms with Gasteiger partial charge in [-0.3, -0.25) is 14.4 Å². The number of alkyl halides is 1. The van der Waals surface area contributed by atoms with Crippen molar-refractivity contribution in [3.63, 3.8) is 0 Å². The van der Waals surface area contributed by atoms with Crippen molar-refractivity contribution in [3.05, 3.63) is 45.9 Å². The molecule has 194 valence electrons. The molecule has 2 heterocycles. The van der Waals surface area contributed by atoms with Gasteiger partial charge in [0.1, 0.15) is 12.4 Å². The van der Waals surface area contributed by atoms with Crippen LogP contribution in [-0.4, -0.2) is 57.4 Å². The first-order chi connectivity index (χ1) is 17.0. The summed E-state index contributed by atoms with van der Waals surface area (Å²) in [6.07, 6.45) is 1.16. The number of nitrogens with zero attached hydrogens (tertiary/aromatic N) is 1. The highest BCUT2D eigenvalue weighted by Crippen LogP contribution is 2.72. The van der Waals surface area contributed by atoms with Crippen molar-refractivity contribution in [2.45, 2.75) is 63.4 Å². The number of Topliss-reactive ketones (excluding diaryl/α,β-unsaturated/α-hetero) is 1. The molecule has 36 heavy (non-hydrogen) atoms. The van der Waals surface area contributed by atoms with Crippen LogP contribution in [0.1, 0.15) is 45.1 Å². The summed E-state index contributed by atoms with van der Waals surface area (Å²) in [6, 6.07) is 1.98. The Morgan fingerprint density at radius 2 is 2.11 bits per heavy atom. The number of halogens is 2. The molecule has 8 atom stereocenters. The standard InChI is InChI=1S/C27H31F2NO5S/c1-24-5-3-17(32)8-20(24)21(28)9-19-18-7-16-12-30(11-15-4-6-36-14-15)35-27(16,23(34)13-31)25(18,2)10-22(33)26(19,24)29/h3-6,14,16,18-19,22,31,33H,7-13H2,1-2H3/t16-,18-,19-,22-,24-,25-,26-,27-/m0/s1. The van der Waals surface area contributed by atoms with Gasteiger partial charge < -0.3 is 10.2 Å². The lowest BCUT2D eigenvalue weighted by molar-refractivity contribution is -0.266. The molecule has 6 nitrogen and oxygen atoms in total. The smallest absolute Gasteiger partial charge is 0.192 e. The summed E-state index contributed by atoms with van der Waals surface area (Å²) in [5.74, 6) is -2.94. The Balaban J connectivity index is 1.43. The van der Waals surface area contributed by atoms with Crippen LogP contribution in [0, 0.1) is 28.6 Å². The van der Waals surface area contributed by atoms with Gasteiger partial charge >= 0.3 is 0 Å². The van der Waals surface area contributed by atoms with Crippen LogP contribution in [0.2, 0.25) is 0 Å². The van der Waals surface area contributed by atoms with Crippen LogP contribution in [0.3, 0.4) is 0 Å². The summed E-state index contributed by atoms with van der Waals surface area (Å²) in [4.78, 5) is 32.0. The van der Waals surface area contributed by atoms with Gasteiger partial charge in [0.2, 0.25) is 0 Å². The number of rotatable bonds is 4. The molecule has 0 radical (unpaired) electrons. The van der Waals surface area contributed by atoms with Gasteiger partial charge in [0, 0.05) is 48.6 Å². The second-order valence-corrected chi connectivity index (χ2v) is 12.5. The Morgan fingerprint density at radius 1 is 1.33 bits per heavy atom. The van der Waals surface area contributed by atoms with Crippen molar-refractivity contribution < 1.29 is 33.4 Å². The maximum Gasteiger partial charge on any atom is 0.192 e. The second-order valence-electron chi connectivity index (χ2n) is 11.7. The number of aliphatic hydroxyl groups excluding tert-OH is 2. The molecule has 1 aliphatic heterocycles. The Morgan fingerprint density at radius 3 is 2.81 bits per heavy atom. The molecule has 0 amide bonds. The van der Waals surface area contributed by atoms with E-state index in [9.17, 15) is 19.8 Å². The second kappa shape index (κ2) is 7.86. The quantitative estimate of drug-likeness (QED) is 0.631. The van der Waals surface area contributed by atoms with Crippen LogP contribution in [0.25, 0.3) is 0 Å². The lowest BCUT2D eigenvalue weighted by Gasteiger charge is -2.62. The van der Waals surface area contributed by atoms with Gasteiger partial charge in [-0.1, -0.05) is 13.0 Å². The highest BCUT2D eigenvalue weighted by atomic mass is 32.1. The van der Waals surface area contributed by atoms with E-state index in [4.69, 9.17) is 4.84 Å². The average Bonchev–Trinajstić information content (AvgIpc) is 3.53. The number of fused-ring (bicyclic) bond motifs is 7. The van der Waals surface area contributed by atoms with Gasteiger partial charge in [0.05, 0.1) is 6.10 Å². The summed E-state index contributed by atoms with van der Waals surface area (Å²) in [5.41, 5.74) is -4.93. The molecule has 6 rings (SSSR count). The summed E-state index contributed by atoms with van der Waals surface area (Å²) < 4.78 is 32.9. The van der Waals surface area contributed by atoms with Crippen molar-refractivity contribution in [2.75, 3.05) is 13.2 Å². The van der Waals surface area contributed by atoms with Gasteiger partial charge in [0.25, 0.3) is 0 Å². The monoisotopic (exact) mass is 519 g/mol. The Bertz CT molecular complexity index is 1180. The zero-order valence-electron chi connectivity index (χ0n) is 20.4. The fraction of sp³-hybridized carbons (Fsp3) is 0.630. The number of carbonyl (C=O) groups excluding carboxylic acids is 2. The zero-order chi connectivity index (χ0) is 25.7. The molecule has 2 N–H and O–H groups in total. The molecule has 1 aromatic rings. The lowest BCUT2D eigenvalue weighted by atomic mass is 9.45. The molecular weight excluding hydrogens is 488 g/mol. The van der Waals surface area contributed by atoms with Crippen LogP contribution in [0.15, 0.2) is 40.4 Å². The molecule has 0 aromatic carbocycles. The molecule has 1 aromatic heterocycles. The van der Waals surface area contributed by atoms with Crippen molar-refractivity contribution in [3.8, 4) is 0 Å². The molecule has 0 bridgehead atoms. The molecule has 0 unspecified atom stereocenters. The van der Waals surface area contributed by atoms with Gasteiger partial charge in [-0.05, 0) is 59.7 Å². The molecule has 5 aliphatic rings. The number of allylic oxidation sites excluding steroid dienone is 4. The first kappa shape index (κ1) is 24.6. The number of thiophene rings is 1. The van der Waals surface area contributed by atoms with E-state index in [1.165, 1.54) is 12.2 Å². The SMILES string of the molecule is C[C@]12C=CC(=O)CC1=C(F)C[C@H]1[C@@H]3C[C@H]4CN(Cc5ccsc5)O[C@@]4(C(=O)CO)[C@@]3(C)C[C@H](O)[C@@]12F. The molecular formula is C27H31F2NO5S. The normalized spacial score (nSPS) is 45.9. The third-order valence-electron chi connectivity index (χ3n) is 10.2. The van der Waals surface area contributed by atoms with Crippen LogP contribution >= 0.6 is 11.3 Å². The van der Waals surface area contributed by atoms with Crippen LogP contribution in [-0.2, 0) is 21.0 Å². The first-order valence-electron chi connectivity index (χ1n) is 12.6. The van der Waals surface area contributed by atoms with Crippen molar-refractivity contribution >= 4 is 22.9 Å². The van der Waals surface area contributed by atoms with Crippen molar-refractivity contribution in [1.82, 2.24) is 5.06 Å². The number of ketones is 2. The van der Waals surface area contributed by atoms with E-state index in [0.29, 0.717) is 19.5 Å². The van der Waals surface area contributed by atoms with Crippen LogP contribution in [0.5, 0.6) is 0 Å². The van der Waals surface area contributed by atoms with E-state index in [1.807, 2.05) is 23.8 Å². The minimum atomic E-state index is -2.20. The zero-order valence-corrected chi connectivity index (χ0v) is 21.2. The fourth-order valence-electron chi connectivity index (χ4n) is 8.59. The largest absolute Gasteiger partial charge is 0.390 e. The first-order valence-corrected chi connectivity index (χ1v) is 13.5. The van der Waals surface area contributed by atoms with E-state index in [1.54, 1.807) is 23.3 Å². The van der Waals surface area contributed by atoms with E-state index in [0.717, 1.165) is 5.56 Å². The van der Waals surface area contributed by atoms with E-state index in [-0.39, 0.29) is 36.5 Å². The Kier molecular flexibility index (Phi) is 5.36. The molecule has 2 saturated carbocycles. The highest BCUT2D eigenvalue weighted by molar-refractivity contribution is 7.07. The minimum absolute atomic E-state index is 0.0640. The fourth-order valence-corrected chi connectivity index (χ4v) is 9.25. The molecule has 0 spiro atoms. The Hall–Kier alpha value is -1.78. The third-order valence-corrected chi connectivity index (χ3v) is 10.9. The topological polar surface area (TPSA) is 87.1 Å². The van der Waals surface area contributed by atoms with Crippen LogP contribution in [0.4, 0.5) is 8.78 Å². The average molecular weight is 520 g/mol. The third kappa shape index (κ3) is 2.84. The van der Waals surface area contributed by atoms with Gasteiger partial charge in [-0.15, -0.1) is 0 Å². The highest BCUT2D eigenvalue weighted by Gasteiger charge is 2.79. The van der Waals surface area contributed by atoms with Gasteiger partial charge in [-0.25, -0.2) is 8.78 Å². The van der Waals surface area contributed by atoms with Gasteiger partial charge in [0.15, 0.2) is 22.8 Å². The number of hydrogen-bond acceptors (Lipinski definition) is 7. The Labute approximate surface area is 212 Å². The van der Waals surface area contributed by atoms with Gasteiger partial charge in [-0.2, -0.15) is 16.4 Å². The predicted molar refractivity (Wildman–Crippen MR) is 128 cm³/mol. The number of hydroxylamine groups is 2. The van der Waals surface area contributed by atoms with E-state index >= 15 is 8.78 Å². The maximum absolute atomic E-state index is 17.4. The molecule has 3 fully saturated rings. The lowest BCUT2D eigenvalue weighted by Crippen LogP contribution is -2.69. The van der Waals surface area contributed by atoms with E-state index < -0.39 is 58.3 Å².